The first-order valence-corrected chi connectivity index (χ1v) is 13.9. The molecule has 2 aliphatic rings. The summed E-state index contributed by atoms with van der Waals surface area (Å²) in [5, 5.41) is 13.8. The van der Waals surface area contributed by atoms with Crippen LogP contribution in [0, 0.1) is 11.8 Å². The van der Waals surface area contributed by atoms with Gasteiger partial charge in [0.25, 0.3) is 0 Å². The zero-order chi connectivity index (χ0) is 28.2. The Morgan fingerprint density at radius 1 is 1.23 bits per heavy atom. The molecule has 4 rings (SSSR count). The summed E-state index contributed by atoms with van der Waals surface area (Å²) in [5.41, 5.74) is 2.15. The van der Waals surface area contributed by atoms with E-state index in [-0.39, 0.29) is 5.56 Å². The lowest BCUT2D eigenvalue weighted by Gasteiger charge is -2.46. The number of halogens is 1. The van der Waals surface area contributed by atoms with Gasteiger partial charge in [0.05, 0.1) is 22.3 Å². The first kappa shape index (κ1) is 29.4. The number of fused-ring (bicyclic) bond motifs is 1. The van der Waals surface area contributed by atoms with Gasteiger partial charge in [-0.15, -0.1) is 6.58 Å². The summed E-state index contributed by atoms with van der Waals surface area (Å²) in [4.78, 5) is 11.8. The second kappa shape index (κ2) is 12.3. The number of hydrogen-bond donors (Lipinski definition) is 2. The molecule has 0 aromatic heterocycles. The van der Waals surface area contributed by atoms with Crippen LogP contribution in [-0.2, 0) is 26.0 Å². The minimum Gasteiger partial charge on any atom is -0.490 e. The third-order valence-electron chi connectivity index (χ3n) is 8.82. The number of nitrogens with one attached hydrogen (secondary N) is 1. The molecular weight excluding hydrogens is 518 g/mol. The Morgan fingerprint density at radius 2 is 2.00 bits per heavy atom. The smallest absolute Gasteiger partial charge is 0.335 e. The van der Waals surface area contributed by atoms with Gasteiger partial charge in [-0.05, 0) is 92.3 Å². The summed E-state index contributed by atoms with van der Waals surface area (Å²) >= 11 is 6.32. The molecule has 0 radical (unpaired) electrons. The van der Waals surface area contributed by atoms with Crippen molar-refractivity contribution in [3.05, 3.63) is 70.8 Å². The van der Waals surface area contributed by atoms with Crippen LogP contribution in [0.25, 0.3) is 0 Å². The van der Waals surface area contributed by atoms with Crippen molar-refractivity contribution in [3.8, 4) is 5.75 Å². The molecule has 0 bridgehead atoms. The molecule has 2 aromatic rings. The summed E-state index contributed by atoms with van der Waals surface area (Å²) in [6.07, 6.45) is 6.13. The Bertz CT molecular complexity index is 1180. The van der Waals surface area contributed by atoms with Crippen molar-refractivity contribution in [1.29, 1.82) is 0 Å². The number of methoxy groups -OCH3 is 3. The first-order valence-electron chi connectivity index (χ1n) is 13.5. The molecule has 2 aromatic carbocycles. The van der Waals surface area contributed by atoms with Gasteiger partial charge in [-0.25, -0.2) is 4.79 Å². The highest BCUT2D eigenvalue weighted by Crippen LogP contribution is 2.45. The van der Waals surface area contributed by atoms with Crippen molar-refractivity contribution in [1.82, 2.24) is 0 Å². The number of carbonyl (C=O) groups is 1. The van der Waals surface area contributed by atoms with Crippen molar-refractivity contribution in [3.63, 3.8) is 0 Å². The summed E-state index contributed by atoms with van der Waals surface area (Å²) in [6, 6.07) is 10.9. The van der Waals surface area contributed by atoms with Gasteiger partial charge in [0.1, 0.15) is 12.4 Å². The Kier molecular flexibility index (Phi) is 9.27. The average molecular weight is 558 g/mol. The van der Waals surface area contributed by atoms with Crippen LogP contribution in [0.2, 0.25) is 5.02 Å². The highest BCUT2D eigenvalue weighted by atomic mass is 35.5. The number of ether oxygens (including phenoxy) is 4. The van der Waals surface area contributed by atoms with Gasteiger partial charge in [0.15, 0.2) is 6.29 Å². The van der Waals surface area contributed by atoms with Crippen LogP contribution >= 0.6 is 11.6 Å². The third-order valence-corrected chi connectivity index (χ3v) is 9.05. The summed E-state index contributed by atoms with van der Waals surface area (Å²) < 4.78 is 23.9. The van der Waals surface area contributed by atoms with E-state index < -0.39 is 23.3 Å². The number of benzene rings is 2. The van der Waals surface area contributed by atoms with Gasteiger partial charge in [0, 0.05) is 32.9 Å². The molecule has 0 aliphatic heterocycles. The molecule has 0 saturated heterocycles. The average Bonchev–Trinajstić information content (AvgIpc) is 2.92. The molecule has 1 saturated carbocycles. The minimum atomic E-state index is -0.988. The predicted molar refractivity (Wildman–Crippen MR) is 153 cm³/mol. The normalized spacial score (nSPS) is 23.8. The van der Waals surface area contributed by atoms with Gasteiger partial charge in [0.2, 0.25) is 0 Å². The molecule has 4 atom stereocenters. The van der Waals surface area contributed by atoms with Crippen molar-refractivity contribution >= 4 is 23.3 Å². The summed E-state index contributed by atoms with van der Waals surface area (Å²) in [7, 11) is 4.99. The molecule has 2 N–H and O–H groups in total. The van der Waals surface area contributed by atoms with E-state index in [2.05, 4.69) is 18.8 Å². The Hall–Kier alpha value is -2.58. The van der Waals surface area contributed by atoms with Crippen molar-refractivity contribution in [2.75, 3.05) is 39.8 Å². The molecule has 39 heavy (non-hydrogen) atoms. The largest absolute Gasteiger partial charge is 0.490 e. The number of hydrogen-bond acceptors (Lipinski definition) is 6. The maximum absolute atomic E-state index is 11.8. The van der Waals surface area contributed by atoms with Crippen LogP contribution in [0.3, 0.4) is 0 Å². The monoisotopic (exact) mass is 557 g/mol. The van der Waals surface area contributed by atoms with E-state index in [9.17, 15) is 9.90 Å². The van der Waals surface area contributed by atoms with E-state index in [1.54, 1.807) is 39.5 Å². The predicted octanol–water partition coefficient (Wildman–Crippen LogP) is 6.34. The topological polar surface area (TPSA) is 86.3 Å². The van der Waals surface area contributed by atoms with Crippen LogP contribution in [0.1, 0.15) is 54.1 Å². The summed E-state index contributed by atoms with van der Waals surface area (Å²) in [5.74, 6) is 0.290. The Balaban J connectivity index is 1.61. The van der Waals surface area contributed by atoms with E-state index in [1.807, 2.05) is 24.3 Å². The second-order valence-corrected chi connectivity index (χ2v) is 11.3. The zero-order valence-corrected chi connectivity index (χ0v) is 24.1. The van der Waals surface area contributed by atoms with E-state index in [1.165, 1.54) is 0 Å². The maximum Gasteiger partial charge on any atom is 0.335 e. The number of anilines is 1. The standard InChI is InChI=1S/C31H40ClNO6/c1-6-30(2,38-5)24-12-9-22(24)18-33-26-17-21(28(34)35)10-14-27(26)39-19-31(29(36-3)37-4)15-7-8-20-16-23(32)11-13-25(20)31/h6,10-11,13-14,16-17,22,24,29,33H,1,7-9,12,15,18-19H2,2-5H3,(H,34,35)/t22-,24+,30+,31-/m0/s1. The van der Waals surface area contributed by atoms with E-state index >= 15 is 0 Å². The fourth-order valence-corrected chi connectivity index (χ4v) is 6.52. The molecule has 8 heteroatoms. The Morgan fingerprint density at radius 3 is 2.62 bits per heavy atom. The molecule has 212 valence electrons. The minimum absolute atomic E-state index is 0.196. The van der Waals surface area contributed by atoms with Crippen LogP contribution in [0.5, 0.6) is 5.75 Å². The molecule has 2 aliphatic carbocycles. The van der Waals surface area contributed by atoms with Gasteiger partial charge in [-0.2, -0.15) is 0 Å². The van der Waals surface area contributed by atoms with Gasteiger partial charge in [-0.3, -0.25) is 0 Å². The second-order valence-electron chi connectivity index (χ2n) is 10.8. The zero-order valence-electron chi connectivity index (χ0n) is 23.3. The molecular formula is C31H40ClNO6. The van der Waals surface area contributed by atoms with Crippen LogP contribution in [-0.4, -0.2) is 57.4 Å². The molecule has 0 unspecified atom stereocenters. The molecule has 0 heterocycles. The fraction of sp³-hybridized carbons (Fsp3) is 0.516. The van der Waals surface area contributed by atoms with Gasteiger partial charge >= 0.3 is 5.97 Å². The quantitative estimate of drug-likeness (QED) is 0.219. The molecule has 0 spiro atoms. The maximum atomic E-state index is 11.8. The van der Waals surface area contributed by atoms with Gasteiger partial charge in [-0.1, -0.05) is 23.7 Å². The Labute approximate surface area is 236 Å². The van der Waals surface area contributed by atoms with Crippen molar-refractivity contribution < 1.29 is 28.8 Å². The highest BCUT2D eigenvalue weighted by molar-refractivity contribution is 6.30. The summed E-state index contributed by atoms with van der Waals surface area (Å²) in [6.45, 7) is 6.99. The highest BCUT2D eigenvalue weighted by Gasteiger charge is 2.46. The lowest BCUT2D eigenvalue weighted by atomic mass is 9.65. The van der Waals surface area contributed by atoms with Gasteiger partial charge < -0.3 is 29.4 Å². The third kappa shape index (κ3) is 5.82. The van der Waals surface area contributed by atoms with E-state index in [0.717, 1.165) is 43.2 Å². The lowest BCUT2D eigenvalue weighted by Crippen LogP contribution is -2.49. The first-order chi connectivity index (χ1) is 18.7. The lowest BCUT2D eigenvalue weighted by molar-refractivity contribution is -0.162. The van der Waals surface area contributed by atoms with Crippen molar-refractivity contribution in [2.45, 2.75) is 56.3 Å². The number of carboxylic acids is 1. The fourth-order valence-electron chi connectivity index (χ4n) is 6.32. The molecule has 0 amide bonds. The number of aromatic carboxylic acids is 1. The number of rotatable bonds is 13. The SMILES string of the molecule is C=C[C@@](C)(OC)[C@@H]1CC[C@H]1CNc1cc(C(=O)O)ccc1OC[C@@]1(C(OC)OC)CCCc2cc(Cl)ccc21. The number of aryl methyl sites for hydroxylation is 1. The van der Waals surface area contributed by atoms with E-state index in [0.29, 0.717) is 41.4 Å². The van der Waals surface area contributed by atoms with Crippen LogP contribution in [0.4, 0.5) is 5.69 Å². The van der Waals surface area contributed by atoms with E-state index in [4.69, 9.17) is 30.5 Å². The van der Waals surface area contributed by atoms with Crippen LogP contribution < -0.4 is 10.1 Å². The molecule has 7 nitrogen and oxygen atoms in total. The number of carboxylic acid groups (broad SMARTS) is 1. The van der Waals surface area contributed by atoms with Crippen LogP contribution in [0.15, 0.2) is 49.1 Å². The van der Waals surface area contributed by atoms with Crippen molar-refractivity contribution in [2.24, 2.45) is 11.8 Å². The molecule has 1 fully saturated rings.